The van der Waals surface area contributed by atoms with Gasteiger partial charge < -0.3 is 5.32 Å². The molecule has 4 nitrogen and oxygen atoms in total. The van der Waals surface area contributed by atoms with Gasteiger partial charge in [-0.3, -0.25) is 9.78 Å². The van der Waals surface area contributed by atoms with Gasteiger partial charge in [0.05, 0.1) is 16.8 Å². The van der Waals surface area contributed by atoms with Gasteiger partial charge in [0.1, 0.15) is 0 Å². The number of amides is 1. The quantitative estimate of drug-likeness (QED) is 0.586. The molecule has 0 aliphatic carbocycles. The second kappa shape index (κ2) is 7.38. The van der Waals surface area contributed by atoms with Gasteiger partial charge in [-0.15, -0.1) is 0 Å². The minimum Gasteiger partial charge on any atom is -0.348 e. The molecule has 4 rings (SSSR count). The Balaban J connectivity index is 1.78. The number of benzene rings is 2. The van der Waals surface area contributed by atoms with Gasteiger partial charge >= 0.3 is 0 Å². The van der Waals surface area contributed by atoms with E-state index in [4.69, 9.17) is 4.98 Å². The Kier molecular flexibility index (Phi) is 4.62. The van der Waals surface area contributed by atoms with Crippen molar-refractivity contribution in [2.24, 2.45) is 0 Å². The zero-order valence-electron chi connectivity index (χ0n) is 15.0. The maximum atomic E-state index is 13.1. The van der Waals surface area contributed by atoms with Crippen molar-refractivity contribution in [2.75, 3.05) is 0 Å². The normalized spacial score (nSPS) is 10.7. The Morgan fingerprint density at radius 2 is 1.74 bits per heavy atom. The summed E-state index contributed by atoms with van der Waals surface area (Å²) in [5.41, 5.74) is 5.16. The molecular weight excluding hydrogens is 334 g/mol. The van der Waals surface area contributed by atoms with Gasteiger partial charge in [0.15, 0.2) is 0 Å². The molecule has 0 spiro atoms. The second-order valence-electron chi connectivity index (χ2n) is 6.39. The van der Waals surface area contributed by atoms with Gasteiger partial charge in [-0.2, -0.15) is 0 Å². The van der Waals surface area contributed by atoms with Crippen molar-refractivity contribution in [3.05, 3.63) is 95.8 Å². The Morgan fingerprint density at radius 1 is 0.963 bits per heavy atom. The number of para-hydroxylation sites is 1. The average molecular weight is 353 g/mol. The molecule has 0 saturated heterocycles. The summed E-state index contributed by atoms with van der Waals surface area (Å²) in [6.07, 6.45) is 3.48. The summed E-state index contributed by atoms with van der Waals surface area (Å²) in [5, 5.41) is 3.88. The Morgan fingerprint density at radius 3 is 2.52 bits per heavy atom. The largest absolute Gasteiger partial charge is 0.348 e. The van der Waals surface area contributed by atoms with Crippen molar-refractivity contribution in [3.63, 3.8) is 0 Å². The minimum absolute atomic E-state index is 0.105. The topological polar surface area (TPSA) is 54.9 Å². The van der Waals surface area contributed by atoms with E-state index in [0.717, 1.165) is 33.3 Å². The fourth-order valence-electron chi connectivity index (χ4n) is 3.25. The fourth-order valence-corrected chi connectivity index (χ4v) is 3.25. The third-order valence-corrected chi connectivity index (χ3v) is 4.59. The maximum absolute atomic E-state index is 13.1. The summed E-state index contributed by atoms with van der Waals surface area (Å²) in [7, 11) is 0. The lowest BCUT2D eigenvalue weighted by Gasteiger charge is -2.15. The van der Waals surface area contributed by atoms with E-state index >= 15 is 0 Å². The van der Waals surface area contributed by atoms with E-state index in [1.807, 2.05) is 73.7 Å². The monoisotopic (exact) mass is 353 g/mol. The number of hydrogen-bond acceptors (Lipinski definition) is 3. The van der Waals surface area contributed by atoms with Crippen LogP contribution in [0, 0.1) is 6.92 Å². The highest BCUT2D eigenvalue weighted by Gasteiger charge is 2.18. The molecule has 2 aromatic heterocycles. The Bertz CT molecular complexity index is 1090. The molecule has 4 heteroatoms. The van der Waals surface area contributed by atoms with Crippen LogP contribution in [0.3, 0.4) is 0 Å². The Hall–Kier alpha value is -3.53. The number of rotatable bonds is 4. The first-order valence-corrected chi connectivity index (χ1v) is 8.86. The summed E-state index contributed by atoms with van der Waals surface area (Å²) in [6.45, 7) is 2.39. The molecule has 0 bridgehead atoms. The fraction of sp³-hybridized carbons (Fsp3) is 0.0870. The molecule has 27 heavy (non-hydrogen) atoms. The van der Waals surface area contributed by atoms with Crippen LogP contribution in [0.2, 0.25) is 0 Å². The SMILES string of the molecule is Cc1c(-c2ccccc2)nc2ccccc2c1C(=O)NCc1cccnc1. The molecule has 2 heterocycles. The molecule has 0 fully saturated rings. The van der Waals surface area contributed by atoms with Gasteiger partial charge in [0.25, 0.3) is 5.91 Å². The van der Waals surface area contributed by atoms with Crippen molar-refractivity contribution in [1.82, 2.24) is 15.3 Å². The first-order chi connectivity index (χ1) is 13.2. The van der Waals surface area contributed by atoms with Crippen LogP contribution in [0.5, 0.6) is 0 Å². The standard InChI is InChI=1S/C23H19N3O/c1-16-21(23(27)25-15-17-8-7-13-24-14-17)19-11-5-6-12-20(19)26-22(16)18-9-3-2-4-10-18/h2-14H,15H2,1H3,(H,25,27). The molecule has 1 N–H and O–H groups in total. The number of nitrogens with zero attached hydrogens (tertiary/aromatic N) is 2. The molecule has 0 aliphatic heterocycles. The van der Waals surface area contributed by atoms with Gasteiger partial charge in [-0.05, 0) is 30.2 Å². The molecule has 2 aromatic carbocycles. The van der Waals surface area contributed by atoms with Crippen LogP contribution < -0.4 is 5.32 Å². The molecule has 4 aromatic rings. The lowest BCUT2D eigenvalue weighted by atomic mass is 9.97. The van der Waals surface area contributed by atoms with Crippen molar-refractivity contribution >= 4 is 16.8 Å². The lowest BCUT2D eigenvalue weighted by Crippen LogP contribution is -2.24. The highest BCUT2D eigenvalue weighted by Crippen LogP contribution is 2.29. The number of fused-ring (bicyclic) bond motifs is 1. The van der Waals surface area contributed by atoms with Crippen molar-refractivity contribution in [2.45, 2.75) is 13.5 Å². The van der Waals surface area contributed by atoms with Gasteiger partial charge in [-0.1, -0.05) is 54.6 Å². The zero-order valence-corrected chi connectivity index (χ0v) is 15.0. The highest BCUT2D eigenvalue weighted by atomic mass is 16.1. The van der Waals surface area contributed by atoms with E-state index in [0.29, 0.717) is 12.1 Å². The predicted molar refractivity (Wildman–Crippen MR) is 107 cm³/mol. The number of aromatic nitrogens is 2. The molecule has 0 saturated carbocycles. The van der Waals surface area contributed by atoms with Gasteiger partial charge in [0.2, 0.25) is 0 Å². The van der Waals surface area contributed by atoms with Crippen LogP contribution in [0.25, 0.3) is 22.2 Å². The van der Waals surface area contributed by atoms with Crippen LogP contribution in [-0.2, 0) is 6.54 Å². The molecule has 0 radical (unpaired) electrons. The van der Waals surface area contributed by atoms with E-state index < -0.39 is 0 Å². The van der Waals surface area contributed by atoms with E-state index in [1.165, 1.54) is 0 Å². The third kappa shape index (κ3) is 3.42. The van der Waals surface area contributed by atoms with Crippen LogP contribution in [0.1, 0.15) is 21.5 Å². The minimum atomic E-state index is -0.105. The number of carbonyl (C=O) groups is 1. The molecule has 1 amide bonds. The smallest absolute Gasteiger partial charge is 0.252 e. The summed E-state index contributed by atoms with van der Waals surface area (Å²) >= 11 is 0. The van der Waals surface area contributed by atoms with Crippen LogP contribution in [0.4, 0.5) is 0 Å². The Labute approximate surface area is 157 Å². The maximum Gasteiger partial charge on any atom is 0.252 e. The molecular formula is C23H19N3O. The zero-order chi connectivity index (χ0) is 18.6. The average Bonchev–Trinajstić information content (AvgIpc) is 2.73. The lowest BCUT2D eigenvalue weighted by molar-refractivity contribution is 0.0952. The number of hydrogen-bond donors (Lipinski definition) is 1. The molecule has 0 aliphatic rings. The van der Waals surface area contributed by atoms with Gasteiger partial charge in [-0.25, -0.2) is 4.98 Å². The molecule has 132 valence electrons. The summed E-state index contributed by atoms with van der Waals surface area (Å²) in [4.78, 5) is 22.0. The molecule has 0 unspecified atom stereocenters. The second-order valence-corrected chi connectivity index (χ2v) is 6.39. The van der Waals surface area contributed by atoms with Crippen molar-refractivity contribution in [3.8, 4) is 11.3 Å². The number of carbonyl (C=O) groups excluding carboxylic acids is 1. The van der Waals surface area contributed by atoms with Crippen molar-refractivity contribution < 1.29 is 4.79 Å². The van der Waals surface area contributed by atoms with Crippen LogP contribution >= 0.6 is 0 Å². The van der Waals surface area contributed by atoms with Crippen LogP contribution in [0.15, 0.2) is 79.1 Å². The van der Waals surface area contributed by atoms with E-state index in [2.05, 4.69) is 10.3 Å². The summed E-state index contributed by atoms with van der Waals surface area (Å²) in [6, 6.07) is 21.5. The molecule has 0 atom stereocenters. The number of nitrogens with one attached hydrogen (secondary N) is 1. The first kappa shape index (κ1) is 16.9. The van der Waals surface area contributed by atoms with E-state index in [9.17, 15) is 4.79 Å². The predicted octanol–water partition coefficient (Wildman–Crippen LogP) is 4.54. The summed E-state index contributed by atoms with van der Waals surface area (Å²) in [5.74, 6) is -0.105. The van der Waals surface area contributed by atoms with Gasteiger partial charge in [0, 0.05) is 29.9 Å². The highest BCUT2D eigenvalue weighted by molar-refractivity contribution is 6.08. The van der Waals surface area contributed by atoms with E-state index in [1.54, 1.807) is 12.4 Å². The van der Waals surface area contributed by atoms with E-state index in [-0.39, 0.29) is 5.91 Å². The summed E-state index contributed by atoms with van der Waals surface area (Å²) < 4.78 is 0. The number of pyridine rings is 2. The first-order valence-electron chi connectivity index (χ1n) is 8.86. The van der Waals surface area contributed by atoms with Crippen molar-refractivity contribution in [1.29, 1.82) is 0 Å². The van der Waals surface area contributed by atoms with Crippen LogP contribution in [-0.4, -0.2) is 15.9 Å². The third-order valence-electron chi connectivity index (χ3n) is 4.59.